The molecule has 6 aromatic rings. The second-order valence-electron chi connectivity index (χ2n) is 9.73. The number of nitrogens with one attached hydrogen (secondary N) is 4. The van der Waals surface area contributed by atoms with Crippen molar-refractivity contribution in [2.75, 3.05) is 23.4 Å². The fourth-order valence-corrected chi connectivity index (χ4v) is 4.92. The van der Waals surface area contributed by atoms with Crippen LogP contribution < -0.4 is 10.2 Å². The molecular formula is C32H27N5O6. The molecule has 0 aliphatic carbocycles. The van der Waals surface area contributed by atoms with Crippen molar-refractivity contribution in [3.8, 4) is 0 Å². The van der Waals surface area contributed by atoms with Crippen molar-refractivity contribution < 1.29 is 28.7 Å². The summed E-state index contributed by atoms with van der Waals surface area (Å²) in [7, 11) is 0. The molecule has 0 bridgehead atoms. The highest BCUT2D eigenvalue weighted by molar-refractivity contribution is 6.20. The van der Waals surface area contributed by atoms with Crippen LogP contribution in [0.5, 0.6) is 0 Å². The topological polar surface area (TPSA) is 149 Å². The lowest BCUT2D eigenvalue weighted by atomic mass is 10.1. The van der Waals surface area contributed by atoms with E-state index < -0.39 is 18.0 Å². The van der Waals surface area contributed by atoms with Crippen molar-refractivity contribution in [1.82, 2.24) is 15.0 Å². The van der Waals surface area contributed by atoms with Crippen LogP contribution in [0.2, 0.25) is 0 Å². The SMILES string of the molecule is CCOC(=O)c1cc2cc(NC(=O)c3ccc4[nH]c(C(=O)N(C(=O)OCC)c5ccc6[nH]ccc6c5)cc4c3)ccc2[nH]1. The number of aromatic nitrogens is 3. The van der Waals surface area contributed by atoms with Gasteiger partial charge in [0.2, 0.25) is 0 Å². The number of fused-ring (bicyclic) bond motifs is 3. The van der Waals surface area contributed by atoms with Gasteiger partial charge in [0.1, 0.15) is 11.4 Å². The van der Waals surface area contributed by atoms with E-state index in [9.17, 15) is 19.2 Å². The van der Waals surface area contributed by atoms with Crippen molar-refractivity contribution in [1.29, 1.82) is 0 Å². The first-order chi connectivity index (χ1) is 20.8. The van der Waals surface area contributed by atoms with Gasteiger partial charge in [0.15, 0.2) is 0 Å². The lowest BCUT2D eigenvalue weighted by Crippen LogP contribution is -2.37. The highest BCUT2D eigenvalue weighted by Crippen LogP contribution is 2.26. The monoisotopic (exact) mass is 577 g/mol. The summed E-state index contributed by atoms with van der Waals surface area (Å²) in [6, 6.07) is 20.5. The zero-order valence-corrected chi connectivity index (χ0v) is 23.3. The van der Waals surface area contributed by atoms with Crippen molar-refractivity contribution in [2.24, 2.45) is 0 Å². The average molecular weight is 578 g/mol. The molecule has 0 spiro atoms. The molecule has 11 nitrogen and oxygen atoms in total. The van der Waals surface area contributed by atoms with Crippen LogP contribution in [0.3, 0.4) is 0 Å². The van der Waals surface area contributed by atoms with Crippen LogP contribution in [0, 0.1) is 0 Å². The van der Waals surface area contributed by atoms with Crippen molar-refractivity contribution in [3.05, 3.63) is 95.9 Å². The van der Waals surface area contributed by atoms with E-state index in [0.717, 1.165) is 26.7 Å². The normalized spacial score (nSPS) is 11.1. The Morgan fingerprint density at radius 2 is 1.42 bits per heavy atom. The maximum absolute atomic E-state index is 13.6. The Balaban J connectivity index is 1.24. The highest BCUT2D eigenvalue weighted by atomic mass is 16.6. The lowest BCUT2D eigenvalue weighted by molar-refractivity contribution is 0.0520. The summed E-state index contributed by atoms with van der Waals surface area (Å²) >= 11 is 0. The number of amides is 3. The minimum atomic E-state index is -0.796. The molecule has 216 valence electrons. The van der Waals surface area contributed by atoms with Crippen molar-refractivity contribution >= 4 is 68.0 Å². The largest absolute Gasteiger partial charge is 0.461 e. The molecule has 0 fully saturated rings. The fraction of sp³-hybridized carbons (Fsp3) is 0.125. The molecule has 0 atom stereocenters. The van der Waals surface area contributed by atoms with Crippen LogP contribution in [0.4, 0.5) is 16.2 Å². The van der Waals surface area contributed by atoms with E-state index in [1.807, 2.05) is 6.07 Å². The Bertz CT molecular complexity index is 2030. The Kier molecular flexibility index (Phi) is 7.12. The van der Waals surface area contributed by atoms with Crippen LogP contribution in [0.1, 0.15) is 45.2 Å². The first-order valence-electron chi connectivity index (χ1n) is 13.7. The molecule has 3 aromatic heterocycles. The van der Waals surface area contributed by atoms with Gasteiger partial charge in [-0.1, -0.05) is 0 Å². The number of anilines is 2. The molecule has 0 aliphatic rings. The third-order valence-corrected chi connectivity index (χ3v) is 6.94. The molecule has 3 heterocycles. The minimum absolute atomic E-state index is 0.101. The maximum atomic E-state index is 13.6. The molecule has 0 aliphatic heterocycles. The van der Waals surface area contributed by atoms with Gasteiger partial charge in [0.25, 0.3) is 11.8 Å². The molecule has 3 amide bonds. The van der Waals surface area contributed by atoms with Crippen molar-refractivity contribution in [2.45, 2.75) is 13.8 Å². The summed E-state index contributed by atoms with van der Waals surface area (Å²) < 4.78 is 10.2. The first kappa shape index (κ1) is 27.3. The number of carbonyl (C=O) groups is 4. The zero-order chi connectivity index (χ0) is 30.1. The number of rotatable bonds is 7. The van der Waals surface area contributed by atoms with Gasteiger partial charge in [0, 0.05) is 50.2 Å². The van der Waals surface area contributed by atoms with E-state index in [1.54, 1.807) is 86.8 Å². The molecule has 43 heavy (non-hydrogen) atoms. The Hall–Kier alpha value is -5.84. The van der Waals surface area contributed by atoms with Gasteiger partial charge in [-0.3, -0.25) is 9.59 Å². The van der Waals surface area contributed by atoms with E-state index >= 15 is 0 Å². The smallest absolute Gasteiger partial charge is 0.421 e. The number of nitrogens with zero attached hydrogens (tertiary/aromatic N) is 1. The van der Waals surface area contributed by atoms with Gasteiger partial charge in [-0.05, 0) is 86.6 Å². The summed E-state index contributed by atoms with van der Waals surface area (Å²) in [5.41, 5.74) is 3.98. The standard InChI is InChI=1S/C32H27N5O6/c1-3-42-31(40)28-17-21-14-22(6-9-26(21)36-28)34-29(38)19-5-8-25-20(13-19)16-27(35-25)30(39)37(32(41)43-4-2)23-7-10-24-18(15-23)11-12-33-24/h5-17,33,35-36H,3-4H2,1-2H3,(H,34,38). The molecule has 0 unspecified atom stereocenters. The van der Waals surface area contributed by atoms with E-state index in [1.165, 1.54) is 0 Å². The predicted octanol–water partition coefficient (Wildman–Crippen LogP) is 6.36. The van der Waals surface area contributed by atoms with Gasteiger partial charge in [-0.2, -0.15) is 0 Å². The Morgan fingerprint density at radius 1 is 0.721 bits per heavy atom. The summed E-state index contributed by atoms with van der Waals surface area (Å²) in [4.78, 5) is 61.8. The van der Waals surface area contributed by atoms with E-state index in [2.05, 4.69) is 20.3 Å². The third-order valence-electron chi connectivity index (χ3n) is 6.94. The molecular weight excluding hydrogens is 550 g/mol. The second kappa shape index (κ2) is 11.2. The van der Waals surface area contributed by atoms with Gasteiger partial charge in [-0.15, -0.1) is 0 Å². The van der Waals surface area contributed by atoms with Gasteiger partial charge in [-0.25, -0.2) is 14.5 Å². The Morgan fingerprint density at radius 3 is 2.21 bits per heavy atom. The van der Waals surface area contributed by atoms with Gasteiger partial charge >= 0.3 is 12.1 Å². The van der Waals surface area contributed by atoms with E-state index in [4.69, 9.17) is 9.47 Å². The molecule has 3 aromatic carbocycles. The lowest BCUT2D eigenvalue weighted by Gasteiger charge is -2.19. The van der Waals surface area contributed by atoms with E-state index in [0.29, 0.717) is 33.5 Å². The number of H-pyrrole nitrogens is 3. The Labute approximate surface area is 244 Å². The number of esters is 1. The molecule has 0 saturated heterocycles. The van der Waals surface area contributed by atoms with E-state index in [-0.39, 0.29) is 24.8 Å². The number of hydrogen-bond donors (Lipinski definition) is 4. The molecule has 4 N–H and O–H groups in total. The predicted molar refractivity (Wildman–Crippen MR) is 163 cm³/mol. The highest BCUT2D eigenvalue weighted by Gasteiger charge is 2.28. The van der Waals surface area contributed by atoms with Crippen LogP contribution in [0.25, 0.3) is 32.7 Å². The minimum Gasteiger partial charge on any atom is -0.461 e. The zero-order valence-electron chi connectivity index (χ0n) is 23.3. The van der Waals surface area contributed by atoms with Crippen LogP contribution in [-0.4, -0.2) is 52.0 Å². The second-order valence-corrected chi connectivity index (χ2v) is 9.73. The molecule has 11 heteroatoms. The fourth-order valence-electron chi connectivity index (χ4n) is 4.92. The number of aromatic amines is 3. The molecule has 0 saturated carbocycles. The number of ether oxygens (including phenoxy) is 2. The number of benzene rings is 3. The number of imide groups is 1. The molecule has 6 rings (SSSR count). The molecule has 0 radical (unpaired) electrons. The van der Waals surface area contributed by atoms with Gasteiger partial charge < -0.3 is 29.7 Å². The third kappa shape index (κ3) is 5.31. The summed E-state index contributed by atoms with van der Waals surface area (Å²) in [6.45, 7) is 3.78. The quantitative estimate of drug-likeness (QED) is 0.162. The maximum Gasteiger partial charge on any atom is 0.421 e. The number of hydrogen-bond acceptors (Lipinski definition) is 6. The van der Waals surface area contributed by atoms with Crippen LogP contribution in [-0.2, 0) is 9.47 Å². The number of carbonyl (C=O) groups excluding carboxylic acids is 4. The van der Waals surface area contributed by atoms with Crippen LogP contribution in [0.15, 0.2) is 79.0 Å². The average Bonchev–Trinajstić information content (AvgIpc) is 3.74. The van der Waals surface area contributed by atoms with Gasteiger partial charge in [0.05, 0.1) is 18.9 Å². The summed E-state index contributed by atoms with van der Waals surface area (Å²) in [5, 5.41) is 5.06. The summed E-state index contributed by atoms with van der Waals surface area (Å²) in [6.07, 6.45) is 0.978. The summed E-state index contributed by atoms with van der Waals surface area (Å²) in [5.74, 6) is -1.41. The van der Waals surface area contributed by atoms with Crippen LogP contribution >= 0.6 is 0 Å². The first-order valence-corrected chi connectivity index (χ1v) is 13.7. The van der Waals surface area contributed by atoms with Crippen molar-refractivity contribution in [3.63, 3.8) is 0 Å².